The molecule has 0 fully saturated rings. The van der Waals surface area contributed by atoms with E-state index in [1.165, 1.54) is 6.07 Å². The Balaban J connectivity index is 1.93. The molecule has 0 amide bonds. The van der Waals surface area contributed by atoms with Gasteiger partial charge in [-0.2, -0.15) is 0 Å². The van der Waals surface area contributed by atoms with Crippen molar-refractivity contribution in [3.63, 3.8) is 0 Å². The van der Waals surface area contributed by atoms with Gasteiger partial charge in [0.05, 0.1) is 4.92 Å². The molecule has 0 N–H and O–H groups in total. The normalized spacial score (nSPS) is 11.0. The Bertz CT molecular complexity index is 1040. The van der Waals surface area contributed by atoms with E-state index in [-0.39, 0.29) is 10.6 Å². The van der Waals surface area contributed by atoms with Gasteiger partial charge in [-0.25, -0.2) is 0 Å². The standard InChI is InChI=1S/C20H12NO2/c22-21(23)20-9-8-17-10-16-7-6-15(14-4-2-1-3-5-14)11-18(16)12-19(17)13-20/h1-6,8-13H. The summed E-state index contributed by atoms with van der Waals surface area (Å²) in [4.78, 5) is 10.6. The van der Waals surface area contributed by atoms with Gasteiger partial charge in [0.15, 0.2) is 0 Å². The first-order chi connectivity index (χ1) is 11.2. The van der Waals surface area contributed by atoms with Crippen molar-refractivity contribution >= 4 is 27.2 Å². The van der Waals surface area contributed by atoms with E-state index in [4.69, 9.17) is 0 Å². The molecule has 0 aliphatic heterocycles. The summed E-state index contributed by atoms with van der Waals surface area (Å²) in [5.41, 5.74) is 2.33. The van der Waals surface area contributed by atoms with Crippen LogP contribution in [0.1, 0.15) is 0 Å². The Kier molecular flexibility index (Phi) is 3.05. The molecule has 0 aliphatic carbocycles. The molecule has 4 rings (SSSR count). The van der Waals surface area contributed by atoms with Crippen LogP contribution in [0.15, 0.2) is 72.8 Å². The lowest BCUT2D eigenvalue weighted by Crippen LogP contribution is -1.87. The molecule has 0 saturated carbocycles. The Morgan fingerprint density at radius 1 is 0.783 bits per heavy atom. The summed E-state index contributed by atoms with van der Waals surface area (Å²) in [6.45, 7) is 0. The second-order valence-corrected chi connectivity index (χ2v) is 5.48. The van der Waals surface area contributed by atoms with Crippen LogP contribution in [0.5, 0.6) is 0 Å². The Morgan fingerprint density at radius 2 is 1.61 bits per heavy atom. The van der Waals surface area contributed by atoms with Crippen LogP contribution >= 0.6 is 0 Å². The van der Waals surface area contributed by atoms with Crippen molar-refractivity contribution in [1.82, 2.24) is 0 Å². The average molecular weight is 298 g/mol. The van der Waals surface area contributed by atoms with Crippen LogP contribution in [-0.2, 0) is 0 Å². The third kappa shape index (κ3) is 2.42. The lowest BCUT2D eigenvalue weighted by molar-refractivity contribution is -0.384. The lowest BCUT2D eigenvalue weighted by Gasteiger charge is -2.06. The van der Waals surface area contributed by atoms with Crippen molar-refractivity contribution in [2.45, 2.75) is 0 Å². The zero-order valence-corrected chi connectivity index (χ0v) is 12.2. The highest BCUT2D eigenvalue weighted by Gasteiger charge is 2.07. The minimum absolute atomic E-state index is 0.111. The van der Waals surface area contributed by atoms with Gasteiger partial charge in [0, 0.05) is 12.1 Å². The van der Waals surface area contributed by atoms with Crippen molar-refractivity contribution in [3.8, 4) is 11.1 Å². The molecule has 0 aromatic heterocycles. The highest BCUT2D eigenvalue weighted by atomic mass is 16.6. The zero-order valence-electron chi connectivity index (χ0n) is 12.2. The largest absolute Gasteiger partial charge is 0.270 e. The summed E-state index contributed by atoms with van der Waals surface area (Å²) in [6, 6.07) is 26.4. The summed E-state index contributed by atoms with van der Waals surface area (Å²) in [5.74, 6) is 0. The maximum atomic E-state index is 10.9. The number of rotatable bonds is 2. The number of hydrogen-bond donors (Lipinski definition) is 0. The Morgan fingerprint density at radius 3 is 2.39 bits per heavy atom. The summed E-state index contributed by atoms with van der Waals surface area (Å²) in [5, 5.41) is 14.8. The summed E-state index contributed by atoms with van der Waals surface area (Å²) in [7, 11) is 0. The van der Waals surface area contributed by atoms with Crippen LogP contribution in [-0.4, -0.2) is 4.92 Å². The minimum atomic E-state index is -0.365. The number of benzene rings is 4. The molecule has 0 heterocycles. The van der Waals surface area contributed by atoms with Gasteiger partial charge in [-0.05, 0) is 69.1 Å². The summed E-state index contributed by atoms with van der Waals surface area (Å²) < 4.78 is 0. The van der Waals surface area contributed by atoms with Gasteiger partial charge < -0.3 is 0 Å². The smallest absolute Gasteiger partial charge is 0.258 e. The maximum Gasteiger partial charge on any atom is 0.270 e. The van der Waals surface area contributed by atoms with E-state index < -0.39 is 0 Å². The van der Waals surface area contributed by atoms with Gasteiger partial charge in [0.1, 0.15) is 0 Å². The molecule has 0 atom stereocenters. The number of nitro benzene ring substituents is 1. The minimum Gasteiger partial charge on any atom is -0.258 e. The third-order valence-electron chi connectivity index (χ3n) is 4.00. The van der Waals surface area contributed by atoms with Crippen LogP contribution in [0.2, 0.25) is 0 Å². The van der Waals surface area contributed by atoms with Crippen molar-refractivity contribution in [3.05, 3.63) is 89.0 Å². The topological polar surface area (TPSA) is 43.1 Å². The fourth-order valence-electron chi connectivity index (χ4n) is 2.82. The zero-order chi connectivity index (χ0) is 15.8. The van der Waals surface area contributed by atoms with Crippen molar-refractivity contribution in [2.24, 2.45) is 0 Å². The fourth-order valence-corrected chi connectivity index (χ4v) is 2.82. The van der Waals surface area contributed by atoms with Crippen molar-refractivity contribution in [2.75, 3.05) is 0 Å². The van der Waals surface area contributed by atoms with E-state index in [0.717, 1.165) is 32.7 Å². The molecule has 0 bridgehead atoms. The molecule has 0 saturated heterocycles. The van der Waals surface area contributed by atoms with E-state index in [1.54, 1.807) is 12.1 Å². The number of fused-ring (bicyclic) bond motifs is 2. The first-order valence-corrected chi connectivity index (χ1v) is 7.30. The van der Waals surface area contributed by atoms with Gasteiger partial charge >= 0.3 is 0 Å². The van der Waals surface area contributed by atoms with E-state index in [2.05, 4.69) is 24.3 Å². The molecule has 4 aromatic rings. The van der Waals surface area contributed by atoms with Crippen LogP contribution in [0.25, 0.3) is 32.7 Å². The fraction of sp³-hybridized carbons (Fsp3) is 0. The van der Waals surface area contributed by atoms with Gasteiger partial charge in [0.25, 0.3) is 5.69 Å². The van der Waals surface area contributed by atoms with Gasteiger partial charge in [-0.15, -0.1) is 0 Å². The second-order valence-electron chi connectivity index (χ2n) is 5.48. The molecule has 0 unspecified atom stereocenters. The quantitative estimate of drug-likeness (QED) is 0.284. The Hall–Kier alpha value is -3.20. The maximum absolute atomic E-state index is 10.9. The number of hydrogen-bond acceptors (Lipinski definition) is 2. The van der Waals surface area contributed by atoms with Gasteiger partial charge in [-0.1, -0.05) is 30.3 Å². The molecule has 3 nitrogen and oxygen atoms in total. The molecule has 23 heavy (non-hydrogen) atoms. The van der Waals surface area contributed by atoms with Gasteiger partial charge in [0.2, 0.25) is 0 Å². The average Bonchev–Trinajstić information content (AvgIpc) is 2.59. The number of non-ortho nitro benzene ring substituents is 1. The molecule has 0 spiro atoms. The highest BCUT2D eigenvalue weighted by Crippen LogP contribution is 2.29. The molecular weight excluding hydrogens is 286 g/mol. The molecule has 109 valence electrons. The van der Waals surface area contributed by atoms with Crippen LogP contribution in [0.4, 0.5) is 5.69 Å². The van der Waals surface area contributed by atoms with Crippen molar-refractivity contribution < 1.29 is 4.92 Å². The second kappa shape index (κ2) is 5.21. The van der Waals surface area contributed by atoms with E-state index in [1.807, 2.05) is 36.4 Å². The predicted octanol–water partition coefficient (Wildman–Crippen LogP) is 5.37. The first kappa shape index (κ1) is 13.5. The Labute approximate surface area is 133 Å². The molecule has 3 heteroatoms. The summed E-state index contributed by atoms with van der Waals surface area (Å²) in [6.07, 6.45) is 0. The number of nitrogens with zero attached hydrogens (tertiary/aromatic N) is 1. The predicted molar refractivity (Wildman–Crippen MR) is 92.4 cm³/mol. The van der Waals surface area contributed by atoms with E-state index in [0.29, 0.717) is 0 Å². The number of nitro groups is 1. The highest BCUT2D eigenvalue weighted by molar-refractivity contribution is 6.00. The van der Waals surface area contributed by atoms with Gasteiger partial charge in [-0.3, -0.25) is 10.1 Å². The van der Waals surface area contributed by atoms with Crippen LogP contribution < -0.4 is 0 Å². The molecule has 1 radical (unpaired) electrons. The third-order valence-corrected chi connectivity index (χ3v) is 4.00. The van der Waals surface area contributed by atoms with E-state index >= 15 is 0 Å². The molecular formula is C20H12NO2. The van der Waals surface area contributed by atoms with Crippen LogP contribution in [0, 0.1) is 16.2 Å². The molecule has 4 aromatic carbocycles. The van der Waals surface area contributed by atoms with Crippen LogP contribution in [0.3, 0.4) is 0 Å². The molecule has 0 aliphatic rings. The lowest BCUT2D eigenvalue weighted by atomic mass is 9.98. The first-order valence-electron chi connectivity index (χ1n) is 7.30. The SMILES string of the molecule is O=[N+]([O-])c1ccc2cc3[c]cc(-c4ccccc4)cc3cc2c1. The van der Waals surface area contributed by atoms with E-state index in [9.17, 15) is 10.1 Å². The summed E-state index contributed by atoms with van der Waals surface area (Å²) >= 11 is 0. The van der Waals surface area contributed by atoms with Crippen molar-refractivity contribution in [1.29, 1.82) is 0 Å². The monoisotopic (exact) mass is 298 g/mol.